The molecule has 0 unspecified atom stereocenters. The fourth-order valence-electron chi connectivity index (χ4n) is 2.60. The van der Waals surface area contributed by atoms with E-state index in [9.17, 15) is 13.2 Å². The van der Waals surface area contributed by atoms with Crippen LogP contribution >= 0.6 is 11.6 Å². The smallest absolute Gasteiger partial charge is 0.241 e. The molecule has 0 aliphatic rings. The van der Waals surface area contributed by atoms with Gasteiger partial charge in [-0.25, -0.2) is 8.42 Å². The predicted octanol–water partition coefficient (Wildman–Crippen LogP) is 3.66. The Balaban J connectivity index is 2.12. The zero-order valence-electron chi connectivity index (χ0n) is 15.7. The summed E-state index contributed by atoms with van der Waals surface area (Å²) in [7, 11) is -3.79. The molecule has 2 aromatic rings. The Bertz CT molecular complexity index is 880. The first-order valence-corrected chi connectivity index (χ1v) is 10.7. The van der Waals surface area contributed by atoms with Crippen LogP contribution in [0, 0.1) is 12.8 Å². The fourth-order valence-corrected chi connectivity index (χ4v) is 4.01. The van der Waals surface area contributed by atoms with E-state index < -0.39 is 16.1 Å². The van der Waals surface area contributed by atoms with E-state index in [1.807, 2.05) is 39.0 Å². The molecule has 146 valence electrons. The number of sulfonamides is 1. The van der Waals surface area contributed by atoms with Crippen molar-refractivity contribution in [1.29, 1.82) is 0 Å². The van der Waals surface area contributed by atoms with E-state index in [1.165, 1.54) is 12.1 Å². The third kappa shape index (κ3) is 6.34. The molecule has 5 nitrogen and oxygen atoms in total. The minimum atomic E-state index is -3.79. The fraction of sp³-hybridized carbons (Fsp3) is 0.350. The number of benzene rings is 2. The number of carbonyl (C=O) groups excluding carboxylic acids is 1. The molecule has 0 saturated heterocycles. The lowest BCUT2D eigenvalue weighted by atomic mass is 10.0. The molecule has 1 amide bonds. The Morgan fingerprint density at radius 1 is 1.07 bits per heavy atom. The molecule has 0 aromatic heterocycles. The van der Waals surface area contributed by atoms with Gasteiger partial charge in [-0.15, -0.1) is 0 Å². The highest BCUT2D eigenvalue weighted by molar-refractivity contribution is 7.89. The van der Waals surface area contributed by atoms with Gasteiger partial charge in [0.1, 0.15) is 6.04 Å². The molecule has 0 fully saturated rings. The van der Waals surface area contributed by atoms with Crippen molar-refractivity contribution in [3.8, 4) is 0 Å². The number of aryl methyl sites for hydroxylation is 1. The minimum absolute atomic E-state index is 0.140. The maximum Gasteiger partial charge on any atom is 0.241 e. The first-order valence-electron chi connectivity index (χ1n) is 8.79. The van der Waals surface area contributed by atoms with Gasteiger partial charge in [0.25, 0.3) is 0 Å². The maximum atomic E-state index is 12.7. The number of carbonyl (C=O) groups is 1. The Kier molecular flexibility index (Phi) is 7.41. The summed E-state index contributed by atoms with van der Waals surface area (Å²) in [5.41, 5.74) is 1.74. The number of halogens is 1. The van der Waals surface area contributed by atoms with Crippen LogP contribution < -0.4 is 10.0 Å². The molecule has 7 heteroatoms. The van der Waals surface area contributed by atoms with Crippen molar-refractivity contribution in [3.05, 3.63) is 64.7 Å². The molecule has 2 rings (SSSR count). The summed E-state index contributed by atoms with van der Waals surface area (Å²) in [6.45, 7) is 6.00. The summed E-state index contributed by atoms with van der Waals surface area (Å²) in [4.78, 5) is 12.8. The van der Waals surface area contributed by atoms with Crippen LogP contribution in [0.2, 0.25) is 5.02 Å². The molecule has 27 heavy (non-hydrogen) atoms. The maximum absolute atomic E-state index is 12.7. The van der Waals surface area contributed by atoms with Crippen LogP contribution in [-0.2, 0) is 21.4 Å². The molecular weight excluding hydrogens is 384 g/mol. The van der Waals surface area contributed by atoms with Gasteiger partial charge in [0.2, 0.25) is 15.9 Å². The summed E-state index contributed by atoms with van der Waals surface area (Å²) < 4.78 is 27.9. The molecule has 0 heterocycles. The molecular formula is C20H25ClN2O3S. The average Bonchev–Trinajstić information content (AvgIpc) is 2.60. The number of amides is 1. The minimum Gasteiger partial charge on any atom is -0.351 e. The van der Waals surface area contributed by atoms with Crippen molar-refractivity contribution >= 4 is 27.5 Å². The van der Waals surface area contributed by atoms with Crippen molar-refractivity contribution in [2.75, 3.05) is 0 Å². The van der Waals surface area contributed by atoms with Gasteiger partial charge >= 0.3 is 0 Å². The second-order valence-corrected chi connectivity index (χ2v) is 9.05. The van der Waals surface area contributed by atoms with Gasteiger partial charge in [-0.1, -0.05) is 61.3 Å². The average molecular weight is 409 g/mol. The normalized spacial score (nSPS) is 12.8. The van der Waals surface area contributed by atoms with Gasteiger partial charge in [-0.05, 0) is 43.0 Å². The van der Waals surface area contributed by atoms with E-state index >= 15 is 0 Å². The van der Waals surface area contributed by atoms with Gasteiger partial charge in [-0.3, -0.25) is 4.79 Å². The topological polar surface area (TPSA) is 75.3 Å². The SMILES string of the molecule is Cc1ccc(S(=O)(=O)N[C@@H](CC(C)C)C(=O)NCc2ccccc2Cl)cc1. The summed E-state index contributed by atoms with van der Waals surface area (Å²) in [5, 5.41) is 3.33. The van der Waals surface area contributed by atoms with E-state index in [2.05, 4.69) is 10.0 Å². The van der Waals surface area contributed by atoms with Crippen LogP contribution in [0.3, 0.4) is 0 Å². The first kappa shape index (κ1) is 21.4. The Labute approximate surface area is 166 Å². The third-order valence-corrected chi connectivity index (χ3v) is 5.92. The lowest BCUT2D eigenvalue weighted by Crippen LogP contribution is -2.47. The van der Waals surface area contributed by atoms with E-state index in [1.54, 1.807) is 18.2 Å². The molecule has 1 atom stereocenters. The first-order chi connectivity index (χ1) is 12.7. The zero-order valence-corrected chi connectivity index (χ0v) is 17.3. The van der Waals surface area contributed by atoms with Crippen molar-refractivity contribution < 1.29 is 13.2 Å². The quantitative estimate of drug-likeness (QED) is 0.699. The Hall–Kier alpha value is -1.89. The number of hydrogen-bond donors (Lipinski definition) is 2. The highest BCUT2D eigenvalue weighted by Crippen LogP contribution is 2.16. The van der Waals surface area contributed by atoms with Gasteiger partial charge in [0.05, 0.1) is 4.90 Å². The lowest BCUT2D eigenvalue weighted by molar-refractivity contribution is -0.123. The van der Waals surface area contributed by atoms with Crippen LogP contribution in [0.25, 0.3) is 0 Å². The number of rotatable bonds is 8. The molecule has 2 aromatic carbocycles. The van der Waals surface area contributed by atoms with E-state index in [-0.39, 0.29) is 23.3 Å². The summed E-state index contributed by atoms with van der Waals surface area (Å²) in [6.07, 6.45) is 0.388. The Morgan fingerprint density at radius 2 is 1.70 bits per heavy atom. The van der Waals surface area contributed by atoms with Crippen LogP contribution in [0.4, 0.5) is 0 Å². The van der Waals surface area contributed by atoms with Crippen LogP contribution in [-0.4, -0.2) is 20.4 Å². The highest BCUT2D eigenvalue weighted by Gasteiger charge is 2.26. The monoisotopic (exact) mass is 408 g/mol. The second-order valence-electron chi connectivity index (χ2n) is 6.93. The van der Waals surface area contributed by atoms with Gasteiger partial charge in [-0.2, -0.15) is 4.72 Å². The number of nitrogens with one attached hydrogen (secondary N) is 2. The van der Waals surface area contributed by atoms with Gasteiger partial charge in [0.15, 0.2) is 0 Å². The van der Waals surface area contributed by atoms with Crippen molar-refractivity contribution in [1.82, 2.24) is 10.0 Å². The van der Waals surface area contributed by atoms with Gasteiger partial charge < -0.3 is 5.32 Å². The molecule has 2 N–H and O–H groups in total. The molecule has 0 saturated carbocycles. The predicted molar refractivity (Wildman–Crippen MR) is 108 cm³/mol. The highest BCUT2D eigenvalue weighted by atomic mass is 35.5. The Morgan fingerprint density at radius 3 is 2.30 bits per heavy atom. The van der Waals surface area contributed by atoms with Crippen molar-refractivity contribution in [3.63, 3.8) is 0 Å². The summed E-state index contributed by atoms with van der Waals surface area (Å²) in [5.74, 6) is -0.235. The standard InChI is InChI=1S/C20H25ClN2O3S/c1-14(2)12-19(20(24)22-13-16-6-4-5-7-18(16)21)23-27(25,26)17-10-8-15(3)9-11-17/h4-11,14,19,23H,12-13H2,1-3H3,(H,22,24)/t19-/m0/s1. The van der Waals surface area contributed by atoms with E-state index in [0.29, 0.717) is 11.4 Å². The van der Waals surface area contributed by atoms with Crippen molar-refractivity contribution in [2.45, 2.75) is 44.7 Å². The van der Waals surface area contributed by atoms with Crippen LogP contribution in [0.1, 0.15) is 31.4 Å². The molecule has 0 aliphatic heterocycles. The third-order valence-electron chi connectivity index (χ3n) is 4.06. The largest absolute Gasteiger partial charge is 0.351 e. The van der Waals surface area contributed by atoms with Gasteiger partial charge in [0, 0.05) is 11.6 Å². The lowest BCUT2D eigenvalue weighted by Gasteiger charge is -2.20. The molecule has 0 radical (unpaired) electrons. The zero-order chi connectivity index (χ0) is 20.0. The molecule has 0 spiro atoms. The second kappa shape index (κ2) is 9.35. The molecule has 0 bridgehead atoms. The van der Waals surface area contributed by atoms with Crippen LogP contribution in [0.15, 0.2) is 53.4 Å². The van der Waals surface area contributed by atoms with Crippen LogP contribution in [0.5, 0.6) is 0 Å². The summed E-state index contributed by atoms with van der Waals surface area (Å²) >= 11 is 6.11. The van der Waals surface area contributed by atoms with E-state index in [4.69, 9.17) is 11.6 Å². The van der Waals surface area contributed by atoms with Crippen molar-refractivity contribution in [2.24, 2.45) is 5.92 Å². The summed E-state index contributed by atoms with van der Waals surface area (Å²) in [6, 6.07) is 12.9. The van der Waals surface area contributed by atoms with E-state index in [0.717, 1.165) is 11.1 Å². The number of hydrogen-bond acceptors (Lipinski definition) is 3. The molecule has 0 aliphatic carbocycles.